The smallest absolute Gasteiger partial charge is 0.162 e. The van der Waals surface area contributed by atoms with Gasteiger partial charge in [-0.15, -0.1) is 0 Å². The minimum absolute atomic E-state index is 0.362. The molecule has 3 rings (SSSR count). The van der Waals surface area contributed by atoms with Gasteiger partial charge in [0, 0.05) is 11.5 Å². The first-order valence-electron chi connectivity index (χ1n) is 7.00. The average molecular weight is 261 g/mol. The number of rotatable bonds is 2. The Morgan fingerprint density at radius 1 is 1.05 bits per heavy atom. The van der Waals surface area contributed by atoms with Crippen molar-refractivity contribution in [3.63, 3.8) is 0 Å². The number of nitrogens with zero attached hydrogens (tertiary/aromatic N) is 1. The summed E-state index contributed by atoms with van der Waals surface area (Å²) >= 11 is 0. The third kappa shape index (κ3) is 2.53. The largest absolute Gasteiger partial charge is 0.486 e. The summed E-state index contributed by atoms with van der Waals surface area (Å²) in [6.45, 7) is 1.17. The van der Waals surface area contributed by atoms with Gasteiger partial charge in [-0.1, -0.05) is 24.4 Å². The summed E-state index contributed by atoms with van der Waals surface area (Å²) in [5, 5.41) is 12.9. The quantitative estimate of drug-likeness (QED) is 0.505. The van der Waals surface area contributed by atoms with Gasteiger partial charge in [0.1, 0.15) is 13.2 Å². The van der Waals surface area contributed by atoms with E-state index in [1.807, 2.05) is 18.2 Å². The Bertz CT molecular complexity index is 478. The summed E-state index contributed by atoms with van der Waals surface area (Å²) in [5.41, 5.74) is 1.73. The number of ether oxygens (including phenoxy) is 2. The van der Waals surface area contributed by atoms with Gasteiger partial charge in [0.25, 0.3) is 0 Å². The number of benzene rings is 1. The second-order valence-corrected chi connectivity index (χ2v) is 5.18. The van der Waals surface area contributed by atoms with Crippen LogP contribution in [0.1, 0.15) is 37.7 Å². The molecule has 0 unspecified atom stereocenters. The van der Waals surface area contributed by atoms with E-state index in [1.54, 1.807) is 0 Å². The Kier molecular flexibility index (Phi) is 3.58. The maximum Gasteiger partial charge on any atom is 0.162 e. The molecule has 1 heterocycles. The fourth-order valence-electron chi connectivity index (χ4n) is 2.95. The first-order valence-corrected chi connectivity index (χ1v) is 7.00. The molecule has 4 heteroatoms. The van der Waals surface area contributed by atoms with Crippen LogP contribution in [0.4, 0.5) is 0 Å². The lowest BCUT2D eigenvalue weighted by Crippen LogP contribution is -2.20. The molecule has 1 aromatic rings. The van der Waals surface area contributed by atoms with Gasteiger partial charge in [0.15, 0.2) is 11.5 Å². The number of fused-ring (bicyclic) bond motifs is 1. The van der Waals surface area contributed by atoms with E-state index in [-0.39, 0.29) is 0 Å². The van der Waals surface area contributed by atoms with Gasteiger partial charge in [-0.25, -0.2) is 0 Å². The summed E-state index contributed by atoms with van der Waals surface area (Å²) in [4.78, 5) is 0. The first kappa shape index (κ1) is 12.3. The molecule has 1 aliphatic carbocycles. The highest BCUT2D eigenvalue weighted by Crippen LogP contribution is 2.33. The van der Waals surface area contributed by atoms with Gasteiger partial charge in [0.05, 0.1) is 5.71 Å². The summed E-state index contributed by atoms with van der Waals surface area (Å²) in [7, 11) is 0. The molecule has 1 N–H and O–H groups in total. The zero-order chi connectivity index (χ0) is 13.1. The molecule has 1 saturated carbocycles. The van der Waals surface area contributed by atoms with Crippen molar-refractivity contribution >= 4 is 5.71 Å². The van der Waals surface area contributed by atoms with Crippen LogP contribution in [0.3, 0.4) is 0 Å². The monoisotopic (exact) mass is 261 g/mol. The lowest BCUT2D eigenvalue weighted by Gasteiger charge is -2.24. The fraction of sp³-hybridized carbons (Fsp3) is 0.533. The van der Waals surface area contributed by atoms with Gasteiger partial charge in [0.2, 0.25) is 0 Å². The molecular formula is C15H19NO3. The molecule has 102 valence electrons. The van der Waals surface area contributed by atoms with Crippen molar-refractivity contribution in [1.82, 2.24) is 0 Å². The van der Waals surface area contributed by atoms with Crippen molar-refractivity contribution in [3.8, 4) is 11.5 Å². The van der Waals surface area contributed by atoms with Crippen LogP contribution in [-0.2, 0) is 0 Å². The van der Waals surface area contributed by atoms with Crippen molar-refractivity contribution < 1.29 is 14.7 Å². The molecule has 1 aromatic carbocycles. The minimum atomic E-state index is 0.362. The Morgan fingerprint density at radius 2 is 1.79 bits per heavy atom. The standard InChI is InChI=1S/C15H19NO3/c17-16-15(11-4-2-1-3-5-11)12-6-7-13-14(10-12)19-9-8-18-13/h6-7,10-11,17H,1-5,8-9H2/b16-15+. The molecule has 0 spiro atoms. The first-order chi connectivity index (χ1) is 9.38. The fourth-order valence-corrected chi connectivity index (χ4v) is 2.95. The normalized spacial score (nSPS) is 20.3. The lowest BCUT2D eigenvalue weighted by molar-refractivity contribution is 0.171. The van der Waals surface area contributed by atoms with Crippen molar-refractivity contribution in [2.24, 2.45) is 11.1 Å². The van der Waals surface area contributed by atoms with Crippen LogP contribution in [0.5, 0.6) is 11.5 Å². The van der Waals surface area contributed by atoms with E-state index in [4.69, 9.17) is 9.47 Å². The lowest BCUT2D eigenvalue weighted by atomic mass is 9.83. The molecule has 0 atom stereocenters. The summed E-state index contributed by atoms with van der Waals surface area (Å²) in [6, 6.07) is 5.78. The minimum Gasteiger partial charge on any atom is -0.486 e. The van der Waals surface area contributed by atoms with E-state index in [0.717, 1.165) is 35.6 Å². The molecule has 0 saturated heterocycles. The van der Waals surface area contributed by atoms with E-state index in [0.29, 0.717) is 19.1 Å². The van der Waals surface area contributed by atoms with Gasteiger partial charge >= 0.3 is 0 Å². The molecule has 1 aliphatic heterocycles. The topological polar surface area (TPSA) is 51.1 Å². The predicted octanol–water partition coefficient (Wildman–Crippen LogP) is 3.22. The van der Waals surface area contributed by atoms with Gasteiger partial charge in [-0.2, -0.15) is 0 Å². The number of hydrogen-bond acceptors (Lipinski definition) is 4. The predicted molar refractivity (Wildman–Crippen MR) is 72.3 cm³/mol. The highest BCUT2D eigenvalue weighted by atomic mass is 16.6. The van der Waals surface area contributed by atoms with Crippen molar-refractivity contribution in [2.75, 3.05) is 13.2 Å². The highest BCUT2D eigenvalue weighted by molar-refractivity contribution is 6.02. The molecule has 0 radical (unpaired) electrons. The molecule has 0 bridgehead atoms. The van der Waals surface area contributed by atoms with E-state index >= 15 is 0 Å². The summed E-state index contributed by atoms with van der Waals surface area (Å²) < 4.78 is 11.1. The molecule has 4 nitrogen and oxygen atoms in total. The zero-order valence-corrected chi connectivity index (χ0v) is 11.0. The van der Waals surface area contributed by atoms with Gasteiger partial charge < -0.3 is 14.7 Å². The summed E-state index contributed by atoms with van der Waals surface area (Å²) in [6.07, 6.45) is 5.93. The molecule has 0 amide bonds. The molecule has 19 heavy (non-hydrogen) atoms. The SMILES string of the molecule is O/N=C(/c1ccc2c(c1)OCCO2)C1CCCCC1. The maximum atomic E-state index is 9.35. The molecule has 2 aliphatic rings. The van der Waals surface area contributed by atoms with E-state index in [1.165, 1.54) is 19.3 Å². The Balaban J connectivity index is 1.87. The molecule has 0 aromatic heterocycles. The van der Waals surface area contributed by atoms with Crippen LogP contribution in [0.2, 0.25) is 0 Å². The Morgan fingerprint density at radius 3 is 2.53 bits per heavy atom. The highest BCUT2D eigenvalue weighted by Gasteiger charge is 2.23. The van der Waals surface area contributed by atoms with Gasteiger partial charge in [-0.3, -0.25) is 0 Å². The van der Waals surface area contributed by atoms with Crippen LogP contribution in [-0.4, -0.2) is 24.1 Å². The zero-order valence-electron chi connectivity index (χ0n) is 11.0. The summed E-state index contributed by atoms with van der Waals surface area (Å²) in [5.74, 6) is 1.89. The third-order valence-electron chi connectivity index (χ3n) is 3.94. The van der Waals surface area contributed by atoms with Gasteiger partial charge in [-0.05, 0) is 31.0 Å². The van der Waals surface area contributed by atoms with Crippen LogP contribution >= 0.6 is 0 Å². The average Bonchev–Trinajstić information content (AvgIpc) is 2.49. The van der Waals surface area contributed by atoms with Crippen molar-refractivity contribution in [1.29, 1.82) is 0 Å². The Hall–Kier alpha value is -1.71. The second-order valence-electron chi connectivity index (χ2n) is 5.18. The van der Waals surface area contributed by atoms with E-state index in [2.05, 4.69) is 5.16 Å². The van der Waals surface area contributed by atoms with E-state index in [9.17, 15) is 5.21 Å². The van der Waals surface area contributed by atoms with Crippen LogP contribution in [0.25, 0.3) is 0 Å². The second kappa shape index (κ2) is 5.51. The third-order valence-corrected chi connectivity index (χ3v) is 3.94. The maximum absolute atomic E-state index is 9.35. The molecular weight excluding hydrogens is 242 g/mol. The van der Waals surface area contributed by atoms with Crippen molar-refractivity contribution in [2.45, 2.75) is 32.1 Å². The Labute approximate surface area is 113 Å². The van der Waals surface area contributed by atoms with Crippen molar-refractivity contribution in [3.05, 3.63) is 23.8 Å². The number of hydrogen-bond donors (Lipinski definition) is 1. The van der Waals surface area contributed by atoms with Crippen LogP contribution < -0.4 is 9.47 Å². The number of oxime groups is 1. The van der Waals surface area contributed by atoms with E-state index < -0.39 is 0 Å². The van der Waals surface area contributed by atoms with Crippen LogP contribution in [0.15, 0.2) is 23.4 Å². The van der Waals surface area contributed by atoms with Crippen LogP contribution in [0, 0.1) is 5.92 Å². The molecule has 1 fully saturated rings.